The van der Waals surface area contributed by atoms with E-state index < -0.39 is 30.5 Å². The van der Waals surface area contributed by atoms with Crippen LogP contribution in [0.15, 0.2) is 42.5 Å². The number of aryl methyl sites for hydroxylation is 2. The van der Waals surface area contributed by atoms with Gasteiger partial charge in [0.2, 0.25) is 0 Å². The van der Waals surface area contributed by atoms with Crippen molar-refractivity contribution in [2.24, 2.45) is 0 Å². The van der Waals surface area contributed by atoms with Crippen LogP contribution in [0.2, 0.25) is 0 Å². The van der Waals surface area contributed by atoms with Crippen molar-refractivity contribution in [2.75, 3.05) is 13.7 Å². The molecule has 0 bridgehead atoms. The lowest BCUT2D eigenvalue weighted by atomic mass is 9.94. The summed E-state index contributed by atoms with van der Waals surface area (Å²) in [5.74, 6) is -1.41. The first-order valence-corrected chi connectivity index (χ1v) is 9.80. The SMILES string of the molecule is COC(=O)[C@H]1Cc2ccccc2CN1C(=O)COC(=O)c1ccc2c(c1)CCC2. The molecule has 0 saturated carbocycles. The van der Waals surface area contributed by atoms with Gasteiger partial charge in [0.05, 0.1) is 12.7 Å². The van der Waals surface area contributed by atoms with Crippen LogP contribution in [-0.2, 0) is 44.9 Å². The minimum atomic E-state index is -0.721. The fourth-order valence-corrected chi connectivity index (χ4v) is 4.12. The van der Waals surface area contributed by atoms with Crippen LogP contribution in [-0.4, -0.2) is 42.5 Å². The quantitative estimate of drug-likeness (QED) is 0.746. The van der Waals surface area contributed by atoms with Crippen LogP contribution in [0.4, 0.5) is 0 Å². The van der Waals surface area contributed by atoms with Gasteiger partial charge in [0.1, 0.15) is 6.04 Å². The van der Waals surface area contributed by atoms with Gasteiger partial charge >= 0.3 is 11.9 Å². The molecular weight excluding hydrogens is 370 g/mol. The molecule has 1 amide bonds. The molecule has 0 aromatic heterocycles. The lowest BCUT2D eigenvalue weighted by molar-refractivity contribution is -0.155. The molecule has 2 aromatic carbocycles. The van der Waals surface area contributed by atoms with Gasteiger partial charge in [-0.1, -0.05) is 30.3 Å². The van der Waals surface area contributed by atoms with E-state index in [0.29, 0.717) is 12.0 Å². The molecular formula is C23H23NO5. The summed E-state index contributed by atoms with van der Waals surface area (Å²) in [6.07, 6.45) is 3.48. The van der Waals surface area contributed by atoms with Crippen LogP contribution in [0, 0.1) is 0 Å². The van der Waals surface area contributed by atoms with Gasteiger partial charge in [-0.05, 0) is 53.6 Å². The molecule has 2 aromatic rings. The molecule has 2 aliphatic rings. The molecule has 1 heterocycles. The van der Waals surface area contributed by atoms with Crippen molar-refractivity contribution in [1.29, 1.82) is 0 Å². The van der Waals surface area contributed by atoms with E-state index in [1.165, 1.54) is 23.1 Å². The minimum Gasteiger partial charge on any atom is -0.467 e. The molecule has 0 saturated heterocycles. The number of hydrogen-bond acceptors (Lipinski definition) is 5. The Labute approximate surface area is 169 Å². The highest BCUT2D eigenvalue weighted by molar-refractivity contribution is 5.92. The van der Waals surface area contributed by atoms with Gasteiger partial charge in [0.15, 0.2) is 6.61 Å². The smallest absolute Gasteiger partial charge is 0.338 e. The second kappa shape index (κ2) is 8.07. The van der Waals surface area contributed by atoms with Gasteiger partial charge in [-0.15, -0.1) is 0 Å². The van der Waals surface area contributed by atoms with Crippen molar-refractivity contribution >= 4 is 17.8 Å². The molecule has 4 rings (SSSR count). The summed E-state index contributed by atoms with van der Waals surface area (Å²) in [6.45, 7) is -0.128. The summed E-state index contributed by atoms with van der Waals surface area (Å²) >= 11 is 0. The predicted molar refractivity (Wildman–Crippen MR) is 105 cm³/mol. The van der Waals surface area contributed by atoms with E-state index in [1.54, 1.807) is 6.07 Å². The first-order chi connectivity index (χ1) is 14.1. The Morgan fingerprint density at radius 2 is 1.76 bits per heavy atom. The average Bonchev–Trinajstić information content (AvgIpc) is 3.23. The first kappa shape index (κ1) is 19.2. The number of amides is 1. The standard InChI is InChI=1S/C23H23NO5/c1-28-23(27)20-12-17-5-2-3-6-19(17)13-24(20)21(25)14-29-22(26)18-10-9-15-7-4-8-16(15)11-18/h2-3,5-6,9-11,20H,4,7-8,12-14H2,1H3/t20-/m1/s1. The molecule has 6 nitrogen and oxygen atoms in total. The Morgan fingerprint density at radius 3 is 2.55 bits per heavy atom. The molecule has 1 aliphatic heterocycles. The largest absolute Gasteiger partial charge is 0.467 e. The number of carbonyl (C=O) groups is 3. The highest BCUT2D eigenvalue weighted by Gasteiger charge is 2.35. The van der Waals surface area contributed by atoms with Crippen molar-refractivity contribution in [2.45, 2.75) is 38.3 Å². The van der Waals surface area contributed by atoms with Gasteiger partial charge in [-0.25, -0.2) is 9.59 Å². The van der Waals surface area contributed by atoms with Crippen LogP contribution in [0.3, 0.4) is 0 Å². The van der Waals surface area contributed by atoms with E-state index in [2.05, 4.69) is 0 Å². The monoisotopic (exact) mass is 393 g/mol. The van der Waals surface area contributed by atoms with Crippen molar-refractivity contribution < 1.29 is 23.9 Å². The Kier molecular flexibility index (Phi) is 5.34. The predicted octanol–water partition coefficient (Wildman–Crippen LogP) is 2.46. The fourth-order valence-electron chi connectivity index (χ4n) is 4.12. The average molecular weight is 393 g/mol. The van der Waals surface area contributed by atoms with Crippen LogP contribution < -0.4 is 0 Å². The number of esters is 2. The Morgan fingerprint density at radius 1 is 1.00 bits per heavy atom. The maximum atomic E-state index is 12.8. The Hall–Kier alpha value is -3.15. The number of rotatable bonds is 4. The van der Waals surface area contributed by atoms with Crippen molar-refractivity contribution in [3.8, 4) is 0 Å². The van der Waals surface area contributed by atoms with Crippen molar-refractivity contribution in [1.82, 2.24) is 4.90 Å². The van der Waals surface area contributed by atoms with E-state index >= 15 is 0 Å². The Balaban J connectivity index is 1.45. The number of nitrogens with zero attached hydrogens (tertiary/aromatic N) is 1. The van der Waals surface area contributed by atoms with Gasteiger partial charge in [-0.3, -0.25) is 4.79 Å². The zero-order valence-corrected chi connectivity index (χ0v) is 16.3. The third-order valence-corrected chi connectivity index (χ3v) is 5.70. The summed E-state index contributed by atoms with van der Waals surface area (Å²) in [6, 6.07) is 12.5. The topological polar surface area (TPSA) is 72.9 Å². The second-order valence-electron chi connectivity index (χ2n) is 7.45. The van der Waals surface area contributed by atoms with E-state index in [9.17, 15) is 14.4 Å². The third-order valence-electron chi connectivity index (χ3n) is 5.70. The number of carbonyl (C=O) groups excluding carboxylic acids is 3. The van der Waals surface area contributed by atoms with Crippen LogP contribution in [0.1, 0.15) is 39.0 Å². The molecule has 0 N–H and O–H groups in total. The van der Waals surface area contributed by atoms with Gasteiger partial charge < -0.3 is 14.4 Å². The minimum absolute atomic E-state index is 0.283. The number of fused-ring (bicyclic) bond motifs is 2. The van der Waals surface area contributed by atoms with Gasteiger partial charge in [0.25, 0.3) is 5.91 Å². The highest BCUT2D eigenvalue weighted by atomic mass is 16.5. The molecule has 0 fully saturated rings. The Bertz CT molecular complexity index is 967. The van der Waals surface area contributed by atoms with Gasteiger partial charge in [0, 0.05) is 13.0 Å². The van der Waals surface area contributed by atoms with Crippen LogP contribution in [0.25, 0.3) is 0 Å². The van der Waals surface area contributed by atoms with Crippen LogP contribution in [0.5, 0.6) is 0 Å². The zero-order valence-electron chi connectivity index (χ0n) is 16.3. The summed E-state index contributed by atoms with van der Waals surface area (Å²) in [5.41, 5.74) is 4.88. The second-order valence-corrected chi connectivity index (χ2v) is 7.45. The van der Waals surface area contributed by atoms with E-state index in [4.69, 9.17) is 9.47 Å². The van der Waals surface area contributed by atoms with E-state index in [1.807, 2.05) is 36.4 Å². The molecule has 29 heavy (non-hydrogen) atoms. The van der Waals surface area contributed by atoms with Crippen molar-refractivity contribution in [3.05, 3.63) is 70.3 Å². The summed E-state index contributed by atoms with van der Waals surface area (Å²) in [5, 5.41) is 0. The molecule has 1 aliphatic carbocycles. The zero-order chi connectivity index (χ0) is 20.4. The summed E-state index contributed by atoms with van der Waals surface area (Å²) < 4.78 is 10.2. The van der Waals surface area contributed by atoms with E-state index in [0.717, 1.165) is 30.4 Å². The first-order valence-electron chi connectivity index (χ1n) is 9.80. The lowest BCUT2D eigenvalue weighted by Gasteiger charge is -2.35. The molecule has 6 heteroatoms. The highest BCUT2D eigenvalue weighted by Crippen LogP contribution is 2.25. The van der Waals surface area contributed by atoms with Crippen molar-refractivity contribution in [3.63, 3.8) is 0 Å². The fraction of sp³-hybridized carbons (Fsp3) is 0.348. The van der Waals surface area contributed by atoms with Gasteiger partial charge in [-0.2, -0.15) is 0 Å². The molecule has 150 valence electrons. The number of benzene rings is 2. The molecule has 0 unspecified atom stereocenters. The molecule has 0 spiro atoms. The maximum Gasteiger partial charge on any atom is 0.338 e. The van der Waals surface area contributed by atoms with E-state index in [-0.39, 0.29) is 6.54 Å². The molecule has 0 radical (unpaired) electrons. The third kappa shape index (κ3) is 3.88. The number of ether oxygens (including phenoxy) is 2. The summed E-state index contributed by atoms with van der Waals surface area (Å²) in [7, 11) is 1.30. The number of hydrogen-bond donors (Lipinski definition) is 0. The normalized spacial score (nSPS) is 17.3. The lowest BCUT2D eigenvalue weighted by Crippen LogP contribution is -2.50. The molecule has 1 atom stereocenters. The number of methoxy groups -OCH3 is 1. The maximum absolute atomic E-state index is 12.8. The van der Waals surface area contributed by atoms with Crippen LogP contribution >= 0.6 is 0 Å². The summed E-state index contributed by atoms with van der Waals surface area (Å²) in [4.78, 5) is 38.9.